The van der Waals surface area contributed by atoms with Crippen LogP contribution in [0.15, 0.2) is 6.07 Å². The molecule has 5 heteroatoms. The van der Waals surface area contributed by atoms with Crippen molar-refractivity contribution in [3.05, 3.63) is 17.5 Å². The van der Waals surface area contributed by atoms with Crippen LogP contribution >= 0.6 is 0 Å². The average Bonchev–Trinajstić information content (AvgIpc) is 2.46. The molecule has 13 heavy (non-hydrogen) atoms. The first-order valence-corrected chi connectivity index (χ1v) is 4.02. The predicted molar refractivity (Wildman–Crippen MR) is 47.4 cm³/mol. The van der Waals surface area contributed by atoms with Crippen molar-refractivity contribution < 1.29 is 9.53 Å². The molecule has 0 amide bonds. The summed E-state index contributed by atoms with van der Waals surface area (Å²) in [6, 6.07) is 1.68. The topological polar surface area (TPSA) is 70.1 Å². The number of hydrogen-bond acceptors (Lipinski definition) is 4. The summed E-state index contributed by atoms with van der Waals surface area (Å²) in [6.45, 7) is 2.79. The van der Waals surface area contributed by atoms with E-state index in [1.54, 1.807) is 10.7 Å². The number of nitrogens with two attached hydrogens (primary N) is 1. The zero-order chi connectivity index (χ0) is 9.84. The SMILES string of the molecule is COC(=O)c1cc(C)nn1CCN. The smallest absolute Gasteiger partial charge is 0.356 e. The molecular formula is C8H13N3O2. The normalized spacial score (nSPS) is 10.1. The first-order chi connectivity index (χ1) is 6.19. The molecule has 1 heterocycles. The molecule has 0 radical (unpaired) electrons. The molecule has 2 N–H and O–H groups in total. The molecule has 0 saturated heterocycles. The zero-order valence-corrected chi connectivity index (χ0v) is 7.78. The Kier molecular flexibility index (Phi) is 3.02. The van der Waals surface area contributed by atoms with Crippen molar-refractivity contribution in [1.29, 1.82) is 0 Å². The van der Waals surface area contributed by atoms with Gasteiger partial charge in [0.25, 0.3) is 0 Å². The zero-order valence-electron chi connectivity index (χ0n) is 7.78. The number of aromatic nitrogens is 2. The lowest BCUT2D eigenvalue weighted by atomic mass is 10.4. The van der Waals surface area contributed by atoms with Gasteiger partial charge in [-0.2, -0.15) is 5.10 Å². The number of nitrogens with zero attached hydrogens (tertiary/aromatic N) is 2. The Morgan fingerprint density at radius 2 is 2.46 bits per heavy atom. The van der Waals surface area contributed by atoms with Crippen LogP contribution in [0.25, 0.3) is 0 Å². The minimum Gasteiger partial charge on any atom is -0.464 e. The van der Waals surface area contributed by atoms with Gasteiger partial charge in [-0.1, -0.05) is 0 Å². The third kappa shape index (κ3) is 2.06. The van der Waals surface area contributed by atoms with Gasteiger partial charge in [-0.3, -0.25) is 4.68 Å². The number of esters is 1. The number of aryl methyl sites for hydroxylation is 1. The van der Waals surface area contributed by atoms with E-state index in [4.69, 9.17) is 5.73 Å². The summed E-state index contributed by atoms with van der Waals surface area (Å²) in [7, 11) is 1.34. The third-order valence-corrected chi connectivity index (χ3v) is 1.64. The van der Waals surface area contributed by atoms with Gasteiger partial charge in [0, 0.05) is 6.54 Å². The predicted octanol–water partition coefficient (Wildman–Crippen LogP) is -0.0632. The van der Waals surface area contributed by atoms with Gasteiger partial charge in [0.05, 0.1) is 19.3 Å². The highest BCUT2D eigenvalue weighted by atomic mass is 16.5. The second-order valence-corrected chi connectivity index (χ2v) is 2.67. The third-order valence-electron chi connectivity index (χ3n) is 1.64. The number of carbonyl (C=O) groups is 1. The lowest BCUT2D eigenvalue weighted by molar-refractivity contribution is 0.0586. The van der Waals surface area contributed by atoms with Crippen LogP contribution in [0.5, 0.6) is 0 Å². The summed E-state index contributed by atoms with van der Waals surface area (Å²) in [5.74, 6) is -0.381. The average molecular weight is 183 g/mol. The summed E-state index contributed by atoms with van der Waals surface area (Å²) in [4.78, 5) is 11.2. The van der Waals surface area contributed by atoms with E-state index in [2.05, 4.69) is 9.84 Å². The molecule has 0 unspecified atom stereocenters. The monoisotopic (exact) mass is 183 g/mol. The van der Waals surface area contributed by atoms with Crippen LogP contribution in [-0.4, -0.2) is 29.4 Å². The molecule has 0 aliphatic rings. The largest absolute Gasteiger partial charge is 0.464 e. The molecule has 1 rings (SSSR count). The van der Waals surface area contributed by atoms with Crippen molar-refractivity contribution in [3.63, 3.8) is 0 Å². The first kappa shape index (κ1) is 9.73. The lowest BCUT2D eigenvalue weighted by Gasteiger charge is -2.02. The summed E-state index contributed by atoms with van der Waals surface area (Å²) >= 11 is 0. The maximum absolute atomic E-state index is 11.2. The van der Waals surface area contributed by atoms with Gasteiger partial charge in [-0.25, -0.2) is 4.79 Å². The molecule has 1 aromatic heterocycles. The van der Waals surface area contributed by atoms with Crippen molar-refractivity contribution in [2.24, 2.45) is 5.73 Å². The fourth-order valence-corrected chi connectivity index (χ4v) is 1.11. The quantitative estimate of drug-likeness (QED) is 0.666. The molecule has 5 nitrogen and oxygen atoms in total. The second-order valence-electron chi connectivity index (χ2n) is 2.67. The molecular weight excluding hydrogens is 170 g/mol. The second kappa shape index (κ2) is 4.04. The van der Waals surface area contributed by atoms with Gasteiger partial charge in [-0.05, 0) is 13.0 Å². The van der Waals surface area contributed by atoms with Crippen molar-refractivity contribution in [3.8, 4) is 0 Å². The van der Waals surface area contributed by atoms with Crippen LogP contribution in [0.3, 0.4) is 0 Å². The van der Waals surface area contributed by atoms with Gasteiger partial charge < -0.3 is 10.5 Å². The minimum absolute atomic E-state index is 0.381. The Hall–Kier alpha value is -1.36. The van der Waals surface area contributed by atoms with Crippen LogP contribution in [0.4, 0.5) is 0 Å². The molecule has 72 valence electrons. The number of ether oxygens (including phenoxy) is 1. The minimum atomic E-state index is -0.381. The van der Waals surface area contributed by atoms with Gasteiger partial charge in [0.2, 0.25) is 0 Å². The molecule has 0 saturated carbocycles. The maximum Gasteiger partial charge on any atom is 0.356 e. The maximum atomic E-state index is 11.2. The van der Waals surface area contributed by atoms with Gasteiger partial charge >= 0.3 is 5.97 Å². The van der Waals surface area contributed by atoms with Gasteiger partial charge in [0.15, 0.2) is 0 Å². The van der Waals surface area contributed by atoms with Crippen LogP contribution < -0.4 is 5.73 Å². The molecule has 0 aliphatic carbocycles. The number of rotatable bonds is 3. The molecule has 0 fully saturated rings. The molecule has 0 bridgehead atoms. The fourth-order valence-electron chi connectivity index (χ4n) is 1.11. The molecule has 0 atom stereocenters. The summed E-state index contributed by atoms with van der Waals surface area (Å²) in [5.41, 5.74) is 6.60. The van der Waals surface area contributed by atoms with E-state index in [9.17, 15) is 4.79 Å². The molecule has 1 aromatic rings. The number of methoxy groups -OCH3 is 1. The van der Waals surface area contributed by atoms with E-state index < -0.39 is 0 Å². The standard InChI is InChI=1S/C8H13N3O2/c1-6-5-7(8(12)13-2)11(10-6)4-3-9/h5H,3-4,9H2,1-2H3. The van der Waals surface area contributed by atoms with E-state index in [1.165, 1.54) is 7.11 Å². The summed E-state index contributed by atoms with van der Waals surface area (Å²) in [5, 5.41) is 4.11. The Morgan fingerprint density at radius 1 is 1.77 bits per heavy atom. The van der Waals surface area contributed by atoms with Crippen LogP contribution in [-0.2, 0) is 11.3 Å². The Morgan fingerprint density at radius 3 is 3.00 bits per heavy atom. The van der Waals surface area contributed by atoms with E-state index in [0.717, 1.165) is 5.69 Å². The number of carbonyl (C=O) groups excluding carboxylic acids is 1. The highest BCUT2D eigenvalue weighted by Gasteiger charge is 2.12. The van der Waals surface area contributed by atoms with Crippen molar-refractivity contribution in [2.75, 3.05) is 13.7 Å². The fraction of sp³-hybridized carbons (Fsp3) is 0.500. The number of hydrogen-bond donors (Lipinski definition) is 1. The lowest BCUT2D eigenvalue weighted by Crippen LogP contribution is -2.17. The van der Waals surface area contributed by atoms with Crippen molar-refractivity contribution >= 4 is 5.97 Å². The van der Waals surface area contributed by atoms with E-state index in [-0.39, 0.29) is 5.97 Å². The highest BCUT2D eigenvalue weighted by Crippen LogP contribution is 2.04. The van der Waals surface area contributed by atoms with Crippen LogP contribution in [0.1, 0.15) is 16.2 Å². The highest BCUT2D eigenvalue weighted by molar-refractivity contribution is 5.87. The van der Waals surface area contributed by atoms with Crippen molar-refractivity contribution in [1.82, 2.24) is 9.78 Å². The summed E-state index contributed by atoms with van der Waals surface area (Å²) in [6.07, 6.45) is 0. The van der Waals surface area contributed by atoms with Crippen LogP contribution in [0.2, 0.25) is 0 Å². The van der Waals surface area contributed by atoms with Gasteiger partial charge in [0.1, 0.15) is 5.69 Å². The summed E-state index contributed by atoms with van der Waals surface area (Å²) < 4.78 is 6.15. The molecule has 0 aromatic carbocycles. The molecule has 0 spiro atoms. The van der Waals surface area contributed by atoms with Gasteiger partial charge in [-0.15, -0.1) is 0 Å². The van der Waals surface area contributed by atoms with Crippen molar-refractivity contribution in [2.45, 2.75) is 13.5 Å². The van der Waals surface area contributed by atoms with Crippen LogP contribution in [0, 0.1) is 6.92 Å². The molecule has 0 aliphatic heterocycles. The van der Waals surface area contributed by atoms with E-state index in [1.807, 2.05) is 6.92 Å². The van der Waals surface area contributed by atoms with E-state index >= 15 is 0 Å². The Balaban J connectivity index is 2.96. The Labute approximate surface area is 76.5 Å². The van der Waals surface area contributed by atoms with E-state index in [0.29, 0.717) is 18.8 Å². The first-order valence-electron chi connectivity index (χ1n) is 4.02. The Bertz CT molecular complexity index is 306.